The third-order valence-electron chi connectivity index (χ3n) is 5.81. The van der Waals surface area contributed by atoms with Crippen molar-refractivity contribution in [2.45, 2.75) is 37.8 Å². The van der Waals surface area contributed by atoms with Crippen LogP contribution in [0.4, 0.5) is 0 Å². The van der Waals surface area contributed by atoms with E-state index in [2.05, 4.69) is 50.2 Å². The second kappa shape index (κ2) is 7.08. The molecule has 0 aliphatic heterocycles. The maximum Gasteiger partial charge on any atom is 0.117 e. The molecule has 24 heavy (non-hydrogen) atoms. The van der Waals surface area contributed by atoms with Crippen molar-refractivity contribution in [2.75, 3.05) is 14.1 Å². The Kier molecular flexibility index (Phi) is 5.07. The molecule has 3 atom stereocenters. The van der Waals surface area contributed by atoms with Gasteiger partial charge in [-0.05, 0) is 56.3 Å². The van der Waals surface area contributed by atoms with Crippen molar-refractivity contribution < 1.29 is 5.11 Å². The van der Waals surface area contributed by atoms with Gasteiger partial charge in [0.05, 0.1) is 0 Å². The Morgan fingerprint density at radius 3 is 1.79 bits per heavy atom. The van der Waals surface area contributed by atoms with Gasteiger partial charge in [-0.3, -0.25) is 0 Å². The molecule has 1 N–H and O–H groups in total. The van der Waals surface area contributed by atoms with E-state index in [1.165, 1.54) is 0 Å². The molecule has 128 valence electrons. The van der Waals surface area contributed by atoms with Gasteiger partial charge < -0.3 is 10.0 Å². The van der Waals surface area contributed by atoms with Gasteiger partial charge in [-0.2, -0.15) is 0 Å². The van der Waals surface area contributed by atoms with Gasteiger partial charge in [-0.15, -0.1) is 0 Å². The second-order valence-electron chi connectivity index (χ2n) is 7.52. The molecule has 0 radical (unpaired) electrons. The fraction of sp³-hybridized carbons (Fsp3) is 0.455. The van der Waals surface area contributed by atoms with E-state index in [0.29, 0.717) is 12.0 Å². The van der Waals surface area contributed by atoms with Crippen molar-refractivity contribution in [1.29, 1.82) is 0 Å². The number of benzene rings is 2. The summed E-state index contributed by atoms with van der Waals surface area (Å²) in [6.07, 6.45) is 3.23. The van der Waals surface area contributed by atoms with Crippen molar-refractivity contribution in [2.24, 2.45) is 11.8 Å². The Morgan fingerprint density at radius 1 is 0.875 bits per heavy atom. The van der Waals surface area contributed by atoms with Crippen LogP contribution in [0.3, 0.4) is 0 Å². The van der Waals surface area contributed by atoms with Gasteiger partial charge in [-0.25, -0.2) is 0 Å². The van der Waals surface area contributed by atoms with E-state index in [1.807, 2.05) is 36.4 Å². The highest BCUT2D eigenvalue weighted by atomic mass is 16.3. The van der Waals surface area contributed by atoms with Gasteiger partial charge >= 0.3 is 0 Å². The zero-order chi connectivity index (χ0) is 17.2. The van der Waals surface area contributed by atoms with Crippen LogP contribution in [0.1, 0.15) is 37.3 Å². The molecular weight excluding hydrogens is 294 g/mol. The van der Waals surface area contributed by atoms with Gasteiger partial charge in [0.15, 0.2) is 0 Å². The zero-order valence-corrected chi connectivity index (χ0v) is 15.0. The summed E-state index contributed by atoms with van der Waals surface area (Å²) in [5, 5.41) is 11.9. The minimum atomic E-state index is -0.909. The first kappa shape index (κ1) is 17.2. The van der Waals surface area contributed by atoms with Gasteiger partial charge in [0.2, 0.25) is 0 Å². The Balaban J connectivity index is 1.98. The van der Waals surface area contributed by atoms with Crippen LogP contribution in [-0.4, -0.2) is 30.1 Å². The van der Waals surface area contributed by atoms with E-state index < -0.39 is 5.60 Å². The van der Waals surface area contributed by atoms with Crippen LogP contribution in [0.25, 0.3) is 0 Å². The van der Waals surface area contributed by atoms with Gasteiger partial charge in [0.25, 0.3) is 0 Å². The van der Waals surface area contributed by atoms with Crippen molar-refractivity contribution >= 4 is 0 Å². The molecule has 0 heterocycles. The number of nitrogens with zero attached hydrogens (tertiary/aromatic N) is 1. The molecule has 1 aliphatic rings. The Labute approximate surface area is 146 Å². The monoisotopic (exact) mass is 323 g/mol. The highest BCUT2D eigenvalue weighted by Crippen LogP contribution is 2.45. The molecule has 0 saturated heterocycles. The molecule has 3 unspecified atom stereocenters. The largest absolute Gasteiger partial charge is 0.380 e. The SMILES string of the molecule is CC1CC(C(O)(c2ccccc2)c2ccccc2)CCC1N(C)C. The van der Waals surface area contributed by atoms with Crippen LogP contribution < -0.4 is 0 Å². The third kappa shape index (κ3) is 3.13. The average Bonchev–Trinajstić information content (AvgIpc) is 2.62. The standard InChI is InChI=1S/C22H29NO/c1-17-16-20(14-15-21(17)23(2)3)22(24,18-10-6-4-7-11-18)19-12-8-5-9-13-19/h4-13,17,20-21,24H,14-16H2,1-3H3. The van der Waals surface area contributed by atoms with Crippen LogP contribution in [0, 0.1) is 11.8 Å². The molecule has 1 saturated carbocycles. The lowest BCUT2D eigenvalue weighted by Gasteiger charge is -2.45. The summed E-state index contributed by atoms with van der Waals surface area (Å²) in [6, 6.07) is 21.0. The summed E-state index contributed by atoms with van der Waals surface area (Å²) >= 11 is 0. The molecule has 0 amide bonds. The maximum atomic E-state index is 11.9. The van der Waals surface area contributed by atoms with Crippen molar-refractivity contribution in [1.82, 2.24) is 4.90 Å². The molecule has 2 aromatic rings. The second-order valence-corrected chi connectivity index (χ2v) is 7.52. The fourth-order valence-electron chi connectivity index (χ4n) is 4.55. The average molecular weight is 323 g/mol. The van der Waals surface area contributed by atoms with E-state index in [-0.39, 0.29) is 5.92 Å². The topological polar surface area (TPSA) is 23.5 Å². The van der Waals surface area contributed by atoms with Gasteiger partial charge in [-0.1, -0.05) is 67.6 Å². The van der Waals surface area contributed by atoms with E-state index in [1.54, 1.807) is 0 Å². The third-order valence-corrected chi connectivity index (χ3v) is 5.81. The molecular formula is C22H29NO. The Hall–Kier alpha value is -1.64. The first-order valence-corrected chi connectivity index (χ1v) is 9.03. The zero-order valence-electron chi connectivity index (χ0n) is 15.0. The minimum Gasteiger partial charge on any atom is -0.380 e. The molecule has 2 aromatic carbocycles. The van der Waals surface area contributed by atoms with Crippen molar-refractivity contribution in [3.05, 3.63) is 71.8 Å². The Morgan fingerprint density at radius 2 is 1.38 bits per heavy atom. The minimum absolute atomic E-state index is 0.244. The Bertz CT molecular complexity index is 598. The van der Waals surface area contributed by atoms with Crippen molar-refractivity contribution in [3.8, 4) is 0 Å². The van der Waals surface area contributed by atoms with Crippen LogP contribution in [-0.2, 0) is 5.60 Å². The van der Waals surface area contributed by atoms with E-state index >= 15 is 0 Å². The first-order chi connectivity index (χ1) is 11.5. The quantitative estimate of drug-likeness (QED) is 0.907. The molecule has 3 rings (SSSR count). The molecule has 1 fully saturated rings. The lowest BCUT2D eigenvalue weighted by molar-refractivity contribution is -0.0242. The van der Waals surface area contributed by atoms with E-state index in [9.17, 15) is 5.11 Å². The number of hydrogen-bond donors (Lipinski definition) is 1. The number of aliphatic hydroxyl groups is 1. The summed E-state index contributed by atoms with van der Waals surface area (Å²) in [5.74, 6) is 0.825. The normalized spacial score (nSPS) is 25.0. The van der Waals surface area contributed by atoms with Gasteiger partial charge in [0.1, 0.15) is 5.60 Å². The molecule has 0 aromatic heterocycles. The lowest BCUT2D eigenvalue weighted by atomic mass is 9.66. The fourth-order valence-corrected chi connectivity index (χ4v) is 4.55. The van der Waals surface area contributed by atoms with Gasteiger partial charge in [0, 0.05) is 6.04 Å². The predicted octanol–water partition coefficient (Wildman–Crippen LogP) is 4.29. The number of rotatable bonds is 4. The molecule has 0 bridgehead atoms. The molecule has 2 nitrogen and oxygen atoms in total. The summed E-state index contributed by atoms with van der Waals surface area (Å²) in [5.41, 5.74) is 1.11. The van der Waals surface area contributed by atoms with Crippen LogP contribution in [0.5, 0.6) is 0 Å². The first-order valence-electron chi connectivity index (χ1n) is 9.03. The van der Waals surface area contributed by atoms with E-state index in [4.69, 9.17) is 0 Å². The highest BCUT2D eigenvalue weighted by Gasteiger charge is 2.43. The predicted molar refractivity (Wildman–Crippen MR) is 99.9 cm³/mol. The van der Waals surface area contributed by atoms with Crippen LogP contribution in [0.15, 0.2) is 60.7 Å². The summed E-state index contributed by atoms with van der Waals surface area (Å²) in [6.45, 7) is 2.33. The smallest absolute Gasteiger partial charge is 0.117 e. The van der Waals surface area contributed by atoms with Crippen LogP contribution in [0.2, 0.25) is 0 Å². The number of hydrogen-bond acceptors (Lipinski definition) is 2. The molecule has 2 heteroatoms. The molecule has 1 aliphatic carbocycles. The lowest BCUT2D eigenvalue weighted by Crippen LogP contribution is -2.45. The molecule has 0 spiro atoms. The van der Waals surface area contributed by atoms with Crippen LogP contribution >= 0.6 is 0 Å². The van der Waals surface area contributed by atoms with E-state index in [0.717, 1.165) is 30.4 Å². The highest BCUT2D eigenvalue weighted by molar-refractivity contribution is 5.37. The summed E-state index contributed by atoms with van der Waals surface area (Å²) < 4.78 is 0. The summed E-state index contributed by atoms with van der Waals surface area (Å²) in [4.78, 5) is 2.34. The van der Waals surface area contributed by atoms with Crippen molar-refractivity contribution in [3.63, 3.8) is 0 Å². The maximum absolute atomic E-state index is 11.9. The summed E-state index contributed by atoms with van der Waals surface area (Å²) in [7, 11) is 4.34.